The Bertz CT molecular complexity index is 326. The molecular formula is C12H15Cl. The summed E-state index contributed by atoms with van der Waals surface area (Å²) < 4.78 is 0. The number of aryl methyl sites for hydroxylation is 1. The lowest BCUT2D eigenvalue weighted by atomic mass is 9.73. The van der Waals surface area contributed by atoms with Crippen molar-refractivity contribution < 1.29 is 0 Å². The van der Waals surface area contributed by atoms with Crippen molar-refractivity contribution in [1.29, 1.82) is 0 Å². The predicted molar refractivity (Wildman–Crippen MR) is 57.4 cm³/mol. The van der Waals surface area contributed by atoms with E-state index in [1.807, 2.05) is 6.07 Å². The number of hydrogen-bond donors (Lipinski definition) is 0. The van der Waals surface area contributed by atoms with Crippen molar-refractivity contribution >= 4 is 11.6 Å². The van der Waals surface area contributed by atoms with Gasteiger partial charge in [-0.25, -0.2) is 0 Å². The quantitative estimate of drug-likeness (QED) is 0.587. The normalized spacial score (nSPS) is 19.6. The van der Waals surface area contributed by atoms with E-state index in [-0.39, 0.29) is 0 Å². The van der Waals surface area contributed by atoms with E-state index < -0.39 is 0 Å². The Kier molecular flexibility index (Phi) is 2.11. The van der Waals surface area contributed by atoms with E-state index in [9.17, 15) is 0 Å². The van der Waals surface area contributed by atoms with Crippen molar-refractivity contribution in [2.45, 2.75) is 38.5 Å². The van der Waals surface area contributed by atoms with Gasteiger partial charge < -0.3 is 0 Å². The van der Waals surface area contributed by atoms with Crippen LogP contribution in [0.5, 0.6) is 0 Å². The van der Waals surface area contributed by atoms with Gasteiger partial charge in [0.25, 0.3) is 0 Å². The van der Waals surface area contributed by atoms with E-state index in [4.69, 9.17) is 11.6 Å². The topological polar surface area (TPSA) is 0 Å². The molecule has 0 saturated heterocycles. The van der Waals surface area contributed by atoms with Gasteiger partial charge in [-0.3, -0.25) is 0 Å². The summed E-state index contributed by atoms with van der Waals surface area (Å²) in [4.78, 5) is 0. The minimum atomic E-state index is 0.345. The first-order valence-electron chi connectivity index (χ1n) is 4.88. The molecule has 0 aromatic heterocycles. The summed E-state index contributed by atoms with van der Waals surface area (Å²) in [5.41, 5.74) is 3.28. The van der Waals surface area contributed by atoms with Crippen LogP contribution >= 0.6 is 11.6 Å². The van der Waals surface area contributed by atoms with Gasteiger partial charge >= 0.3 is 0 Å². The van der Waals surface area contributed by atoms with Crippen LogP contribution < -0.4 is 0 Å². The number of fused-ring (bicyclic) bond motifs is 1. The Hall–Kier alpha value is -0.490. The maximum absolute atomic E-state index is 5.97. The molecule has 1 aromatic carbocycles. The lowest BCUT2D eigenvalue weighted by Gasteiger charge is -2.32. The van der Waals surface area contributed by atoms with Crippen LogP contribution in [0, 0.1) is 0 Å². The van der Waals surface area contributed by atoms with Crippen molar-refractivity contribution in [2.75, 3.05) is 0 Å². The molecule has 2 rings (SSSR count). The number of hydrogen-bond acceptors (Lipinski definition) is 0. The molecule has 0 fully saturated rings. The molecule has 0 aliphatic heterocycles. The molecule has 0 saturated carbocycles. The summed E-state index contributed by atoms with van der Waals surface area (Å²) in [5.74, 6) is 0. The average molecular weight is 195 g/mol. The molecule has 0 heterocycles. The molecule has 0 spiro atoms. The van der Waals surface area contributed by atoms with Gasteiger partial charge in [0.1, 0.15) is 0 Å². The Balaban J connectivity index is 2.53. The van der Waals surface area contributed by atoms with Crippen molar-refractivity contribution in [3.63, 3.8) is 0 Å². The summed E-state index contributed by atoms with van der Waals surface area (Å²) in [6.45, 7) is 4.64. The molecule has 1 aromatic rings. The Morgan fingerprint density at radius 1 is 1.31 bits per heavy atom. The third kappa shape index (κ3) is 1.60. The summed E-state index contributed by atoms with van der Waals surface area (Å²) in [5, 5.41) is 0.872. The van der Waals surface area contributed by atoms with Crippen molar-refractivity contribution in [3.05, 3.63) is 34.3 Å². The number of halogens is 1. The van der Waals surface area contributed by atoms with Crippen LogP contribution in [0.2, 0.25) is 5.02 Å². The molecule has 0 atom stereocenters. The highest BCUT2D eigenvalue weighted by molar-refractivity contribution is 6.30. The molecule has 0 bridgehead atoms. The third-order valence-corrected chi connectivity index (χ3v) is 3.28. The Morgan fingerprint density at radius 2 is 2.08 bits per heavy atom. The maximum atomic E-state index is 5.97. The predicted octanol–water partition coefficient (Wildman–Crippen LogP) is 3.95. The maximum Gasteiger partial charge on any atom is 0.0408 e. The van der Waals surface area contributed by atoms with Gasteiger partial charge in [-0.1, -0.05) is 31.5 Å². The van der Waals surface area contributed by atoms with Crippen LogP contribution in [0.15, 0.2) is 18.2 Å². The van der Waals surface area contributed by atoms with Crippen LogP contribution in [0.1, 0.15) is 37.8 Å². The van der Waals surface area contributed by atoms with Gasteiger partial charge in [-0.2, -0.15) is 0 Å². The van der Waals surface area contributed by atoms with Gasteiger partial charge in [0.15, 0.2) is 0 Å². The second-order valence-electron chi connectivity index (χ2n) is 4.54. The van der Waals surface area contributed by atoms with Crippen molar-refractivity contribution in [1.82, 2.24) is 0 Å². The van der Waals surface area contributed by atoms with Gasteiger partial charge in [-0.05, 0) is 47.9 Å². The van der Waals surface area contributed by atoms with E-state index >= 15 is 0 Å². The smallest absolute Gasteiger partial charge is 0.0408 e. The Labute approximate surface area is 84.9 Å². The SMILES string of the molecule is CC1(C)CCCc2cc(Cl)ccc21. The van der Waals surface area contributed by atoms with Crippen LogP contribution in [-0.4, -0.2) is 0 Å². The lowest BCUT2D eigenvalue weighted by molar-refractivity contribution is 0.432. The molecule has 0 amide bonds. The molecule has 0 N–H and O–H groups in total. The third-order valence-electron chi connectivity index (χ3n) is 3.04. The minimum absolute atomic E-state index is 0.345. The molecule has 0 nitrogen and oxygen atoms in total. The van der Waals surface area contributed by atoms with Crippen molar-refractivity contribution in [3.8, 4) is 0 Å². The zero-order chi connectivity index (χ0) is 9.47. The van der Waals surface area contributed by atoms with Gasteiger partial charge in [0.2, 0.25) is 0 Å². The zero-order valence-corrected chi connectivity index (χ0v) is 8.99. The molecule has 1 aliphatic carbocycles. The highest BCUT2D eigenvalue weighted by Crippen LogP contribution is 2.37. The monoisotopic (exact) mass is 194 g/mol. The average Bonchev–Trinajstić information content (AvgIpc) is 2.02. The summed E-state index contributed by atoms with van der Waals surface area (Å²) in [7, 11) is 0. The fourth-order valence-electron chi connectivity index (χ4n) is 2.28. The second kappa shape index (κ2) is 3.02. The van der Waals surface area contributed by atoms with Crippen LogP contribution in [0.4, 0.5) is 0 Å². The first-order valence-corrected chi connectivity index (χ1v) is 5.26. The van der Waals surface area contributed by atoms with Crippen LogP contribution in [0.25, 0.3) is 0 Å². The molecule has 0 radical (unpaired) electrons. The number of benzene rings is 1. The van der Waals surface area contributed by atoms with E-state index in [1.54, 1.807) is 0 Å². The molecule has 1 aliphatic rings. The fraction of sp³-hybridized carbons (Fsp3) is 0.500. The summed E-state index contributed by atoms with van der Waals surface area (Å²) in [6.07, 6.45) is 3.78. The summed E-state index contributed by atoms with van der Waals surface area (Å²) in [6, 6.07) is 6.32. The van der Waals surface area contributed by atoms with E-state index in [1.165, 1.54) is 30.4 Å². The highest BCUT2D eigenvalue weighted by atomic mass is 35.5. The number of rotatable bonds is 0. The standard InChI is InChI=1S/C12H15Cl/c1-12(2)7-3-4-9-8-10(13)5-6-11(9)12/h5-6,8H,3-4,7H2,1-2H3. The Morgan fingerprint density at radius 3 is 2.85 bits per heavy atom. The van der Waals surface area contributed by atoms with E-state index in [2.05, 4.69) is 26.0 Å². The van der Waals surface area contributed by atoms with Gasteiger partial charge in [0, 0.05) is 5.02 Å². The first kappa shape index (κ1) is 9.08. The largest absolute Gasteiger partial charge is 0.0843 e. The van der Waals surface area contributed by atoms with E-state index in [0.717, 1.165) is 5.02 Å². The zero-order valence-electron chi connectivity index (χ0n) is 8.23. The van der Waals surface area contributed by atoms with Crippen LogP contribution in [-0.2, 0) is 11.8 Å². The van der Waals surface area contributed by atoms with Crippen LogP contribution in [0.3, 0.4) is 0 Å². The fourth-order valence-corrected chi connectivity index (χ4v) is 2.48. The second-order valence-corrected chi connectivity index (χ2v) is 4.98. The molecule has 13 heavy (non-hydrogen) atoms. The first-order chi connectivity index (χ1) is 6.09. The molecule has 1 heteroatoms. The van der Waals surface area contributed by atoms with Crippen molar-refractivity contribution in [2.24, 2.45) is 0 Å². The molecular weight excluding hydrogens is 180 g/mol. The van der Waals surface area contributed by atoms with E-state index in [0.29, 0.717) is 5.41 Å². The van der Waals surface area contributed by atoms with Gasteiger partial charge in [0.05, 0.1) is 0 Å². The molecule has 70 valence electrons. The highest BCUT2D eigenvalue weighted by Gasteiger charge is 2.26. The lowest BCUT2D eigenvalue weighted by Crippen LogP contribution is -2.23. The minimum Gasteiger partial charge on any atom is -0.0843 e. The summed E-state index contributed by atoms with van der Waals surface area (Å²) >= 11 is 5.97. The molecule has 0 unspecified atom stereocenters. The van der Waals surface area contributed by atoms with Gasteiger partial charge in [-0.15, -0.1) is 0 Å².